The number of halogens is 1. The number of hydrogen-bond donors (Lipinski definition) is 1. The normalized spacial score (nSPS) is 14.4. The number of amides is 2. The molecule has 4 nitrogen and oxygen atoms in total. The van der Waals surface area contributed by atoms with E-state index < -0.39 is 0 Å². The molecule has 0 bridgehead atoms. The van der Waals surface area contributed by atoms with Gasteiger partial charge < -0.3 is 10.1 Å². The van der Waals surface area contributed by atoms with E-state index in [4.69, 9.17) is 16.3 Å². The van der Waals surface area contributed by atoms with Crippen LogP contribution >= 0.6 is 11.6 Å². The van der Waals surface area contributed by atoms with Crippen molar-refractivity contribution in [3.05, 3.63) is 65.2 Å². The van der Waals surface area contributed by atoms with Crippen LogP contribution < -0.4 is 15.0 Å². The molecule has 5 heteroatoms. The second kappa shape index (κ2) is 6.12. The van der Waals surface area contributed by atoms with Gasteiger partial charge in [0.15, 0.2) is 0 Å². The number of carbonyl (C=O) groups excluding carboxylic acids is 1. The Bertz CT molecular complexity index is 743. The molecular weight excluding hydrogens is 300 g/mol. The predicted octanol–water partition coefficient (Wildman–Crippen LogP) is 3.92. The number of para-hydroxylation sites is 2. The number of carbonyl (C=O) groups is 1. The fourth-order valence-corrected chi connectivity index (χ4v) is 2.60. The van der Waals surface area contributed by atoms with Gasteiger partial charge in [0, 0.05) is 17.3 Å². The van der Waals surface area contributed by atoms with Crippen molar-refractivity contribution in [3.8, 4) is 5.75 Å². The minimum atomic E-state index is -0.193. The van der Waals surface area contributed by atoms with Crippen molar-refractivity contribution in [2.24, 2.45) is 0 Å². The lowest BCUT2D eigenvalue weighted by atomic mass is 10.1. The van der Waals surface area contributed by atoms with Gasteiger partial charge in [0.05, 0.1) is 12.8 Å². The fraction of sp³-hybridized carbons (Fsp3) is 0.118. The maximum Gasteiger partial charge on any atom is 0.326 e. The molecule has 0 radical (unpaired) electrons. The van der Waals surface area contributed by atoms with E-state index in [2.05, 4.69) is 5.32 Å². The van der Waals surface area contributed by atoms with Gasteiger partial charge in [-0.2, -0.15) is 0 Å². The van der Waals surface area contributed by atoms with Crippen LogP contribution in [0.5, 0.6) is 5.75 Å². The lowest BCUT2D eigenvalue weighted by molar-refractivity contribution is 0.249. The van der Waals surface area contributed by atoms with Crippen LogP contribution in [0.4, 0.5) is 10.5 Å². The van der Waals surface area contributed by atoms with Gasteiger partial charge in [0.2, 0.25) is 0 Å². The van der Waals surface area contributed by atoms with Gasteiger partial charge in [0.25, 0.3) is 0 Å². The Morgan fingerprint density at radius 2 is 2.00 bits per heavy atom. The summed E-state index contributed by atoms with van der Waals surface area (Å²) in [5, 5.41) is 3.53. The third-order valence-corrected chi connectivity index (χ3v) is 3.71. The third kappa shape index (κ3) is 2.78. The van der Waals surface area contributed by atoms with Gasteiger partial charge in [-0.15, -0.1) is 0 Å². The fourth-order valence-electron chi connectivity index (χ4n) is 2.41. The van der Waals surface area contributed by atoms with Crippen LogP contribution in [-0.2, 0) is 0 Å². The number of anilines is 1. The molecule has 112 valence electrons. The zero-order chi connectivity index (χ0) is 15.5. The Balaban J connectivity index is 1.89. The molecule has 0 saturated heterocycles. The number of urea groups is 1. The van der Waals surface area contributed by atoms with Crippen LogP contribution in [0, 0.1) is 0 Å². The van der Waals surface area contributed by atoms with Crippen molar-refractivity contribution in [2.75, 3.05) is 18.6 Å². The molecule has 1 aliphatic heterocycles. The summed E-state index contributed by atoms with van der Waals surface area (Å²) >= 11 is 6.00. The van der Waals surface area contributed by atoms with Gasteiger partial charge in [-0.1, -0.05) is 35.9 Å². The molecule has 0 spiro atoms. The molecule has 0 aromatic heterocycles. The first kappa shape index (κ1) is 14.5. The van der Waals surface area contributed by atoms with Crippen molar-refractivity contribution >= 4 is 29.0 Å². The molecule has 0 aliphatic carbocycles. The maximum atomic E-state index is 12.4. The van der Waals surface area contributed by atoms with E-state index in [1.54, 1.807) is 18.1 Å². The zero-order valence-electron chi connectivity index (χ0n) is 12.0. The van der Waals surface area contributed by atoms with Crippen molar-refractivity contribution < 1.29 is 9.53 Å². The molecule has 3 rings (SSSR count). The Morgan fingerprint density at radius 3 is 2.73 bits per heavy atom. The second-order valence-electron chi connectivity index (χ2n) is 4.84. The molecule has 1 N–H and O–H groups in total. The minimum absolute atomic E-state index is 0.193. The number of nitrogens with one attached hydrogen (secondary N) is 1. The van der Waals surface area contributed by atoms with Crippen molar-refractivity contribution in [1.82, 2.24) is 5.32 Å². The van der Waals surface area contributed by atoms with Crippen LogP contribution in [0.15, 0.2) is 54.6 Å². The van der Waals surface area contributed by atoms with Gasteiger partial charge in [-0.25, -0.2) is 4.79 Å². The largest absolute Gasteiger partial charge is 0.495 e. The SMILES string of the molecule is COc1ccccc1N1CC=C(c2cccc(Cl)c2)NC1=O. The first-order valence-electron chi connectivity index (χ1n) is 6.86. The predicted molar refractivity (Wildman–Crippen MR) is 88.3 cm³/mol. The van der Waals surface area contributed by atoms with E-state index in [0.717, 1.165) is 16.9 Å². The Morgan fingerprint density at radius 1 is 1.18 bits per heavy atom. The van der Waals surface area contributed by atoms with Gasteiger partial charge >= 0.3 is 6.03 Å². The van der Waals surface area contributed by atoms with Crippen LogP contribution in [0.3, 0.4) is 0 Å². The van der Waals surface area contributed by atoms with E-state index >= 15 is 0 Å². The molecule has 1 aliphatic rings. The first-order valence-corrected chi connectivity index (χ1v) is 7.24. The van der Waals surface area contributed by atoms with Crippen molar-refractivity contribution in [1.29, 1.82) is 0 Å². The van der Waals surface area contributed by atoms with Crippen molar-refractivity contribution in [2.45, 2.75) is 0 Å². The monoisotopic (exact) mass is 314 g/mol. The lowest BCUT2D eigenvalue weighted by Crippen LogP contribution is -2.43. The molecule has 2 amide bonds. The van der Waals surface area contributed by atoms with E-state index in [1.165, 1.54) is 0 Å². The lowest BCUT2D eigenvalue weighted by Gasteiger charge is -2.28. The number of hydrogen-bond acceptors (Lipinski definition) is 2. The number of methoxy groups -OCH3 is 1. The summed E-state index contributed by atoms with van der Waals surface area (Å²) in [6.07, 6.45) is 1.96. The third-order valence-electron chi connectivity index (χ3n) is 3.48. The van der Waals surface area contributed by atoms with Crippen LogP contribution in [0.1, 0.15) is 5.56 Å². The van der Waals surface area contributed by atoms with E-state index in [9.17, 15) is 4.79 Å². The number of rotatable bonds is 3. The Labute approximate surface area is 134 Å². The standard InChI is InChI=1S/C17H15ClN2O2/c1-22-16-8-3-2-7-15(16)20-10-9-14(19-17(20)21)12-5-4-6-13(18)11-12/h2-9,11H,10H2,1H3,(H,19,21). The summed E-state index contributed by atoms with van der Waals surface area (Å²) in [6, 6.07) is 14.6. The molecule has 0 saturated carbocycles. The summed E-state index contributed by atoms with van der Waals surface area (Å²) in [5.74, 6) is 0.664. The molecule has 2 aromatic carbocycles. The highest BCUT2D eigenvalue weighted by molar-refractivity contribution is 6.30. The molecule has 0 fully saturated rings. The number of ether oxygens (including phenoxy) is 1. The van der Waals surface area contributed by atoms with Gasteiger partial charge in [-0.3, -0.25) is 4.90 Å². The van der Waals surface area contributed by atoms with Gasteiger partial charge in [0.1, 0.15) is 5.75 Å². The first-order chi connectivity index (χ1) is 10.7. The quantitative estimate of drug-likeness (QED) is 0.933. The number of benzene rings is 2. The van der Waals surface area contributed by atoms with Gasteiger partial charge in [-0.05, 0) is 35.9 Å². The topological polar surface area (TPSA) is 41.6 Å². The van der Waals surface area contributed by atoms with Crippen LogP contribution in [0.25, 0.3) is 5.70 Å². The second-order valence-corrected chi connectivity index (χ2v) is 5.28. The molecule has 22 heavy (non-hydrogen) atoms. The minimum Gasteiger partial charge on any atom is -0.495 e. The van der Waals surface area contributed by atoms with E-state index in [0.29, 0.717) is 17.3 Å². The summed E-state index contributed by atoms with van der Waals surface area (Å²) in [5.41, 5.74) is 2.39. The smallest absolute Gasteiger partial charge is 0.326 e. The summed E-state index contributed by atoms with van der Waals surface area (Å²) < 4.78 is 5.31. The Hall–Kier alpha value is -2.46. The van der Waals surface area contributed by atoms with Crippen molar-refractivity contribution in [3.63, 3.8) is 0 Å². The molecule has 2 aromatic rings. The summed E-state index contributed by atoms with van der Waals surface area (Å²) in [7, 11) is 1.59. The Kier molecular flexibility index (Phi) is 4.02. The molecular formula is C17H15ClN2O2. The van der Waals surface area contributed by atoms with E-state index in [-0.39, 0.29) is 6.03 Å². The maximum absolute atomic E-state index is 12.4. The van der Waals surface area contributed by atoms with Crippen LogP contribution in [0.2, 0.25) is 5.02 Å². The number of nitrogens with zero attached hydrogens (tertiary/aromatic N) is 1. The summed E-state index contributed by atoms with van der Waals surface area (Å²) in [4.78, 5) is 14.0. The average Bonchev–Trinajstić information content (AvgIpc) is 2.55. The molecule has 0 atom stereocenters. The molecule has 0 unspecified atom stereocenters. The van der Waals surface area contributed by atoms with E-state index in [1.807, 2.05) is 48.5 Å². The zero-order valence-corrected chi connectivity index (χ0v) is 12.8. The van der Waals surface area contributed by atoms with Crippen LogP contribution in [-0.4, -0.2) is 19.7 Å². The average molecular weight is 315 g/mol. The molecule has 1 heterocycles. The summed E-state index contributed by atoms with van der Waals surface area (Å²) in [6.45, 7) is 0.466. The highest BCUT2D eigenvalue weighted by Crippen LogP contribution is 2.30. The highest BCUT2D eigenvalue weighted by Gasteiger charge is 2.23. The highest BCUT2D eigenvalue weighted by atomic mass is 35.5.